The van der Waals surface area contributed by atoms with E-state index in [-0.39, 0.29) is 6.61 Å². The summed E-state index contributed by atoms with van der Waals surface area (Å²) in [7, 11) is 0. The molecule has 3 aromatic rings. The van der Waals surface area contributed by atoms with Crippen LogP contribution in [0.1, 0.15) is 0 Å². The Labute approximate surface area is 119 Å². The Morgan fingerprint density at radius 3 is 3.10 bits per heavy atom. The number of aromatic nitrogens is 3. The second kappa shape index (κ2) is 6.08. The van der Waals surface area contributed by atoms with Crippen molar-refractivity contribution in [1.82, 2.24) is 15.0 Å². The van der Waals surface area contributed by atoms with E-state index in [4.69, 9.17) is 9.84 Å². The van der Waals surface area contributed by atoms with E-state index in [2.05, 4.69) is 20.3 Å². The topological polar surface area (TPSA) is 80.2 Å². The third-order valence-electron chi connectivity index (χ3n) is 2.80. The van der Waals surface area contributed by atoms with Crippen molar-refractivity contribution in [2.24, 2.45) is 0 Å². The SMILES string of the molecule is OCCOCCNc1ncnc2c1sc1ncccc12. The first-order chi connectivity index (χ1) is 9.90. The Balaban J connectivity index is 1.84. The number of anilines is 1. The predicted octanol–water partition coefficient (Wildman–Crippen LogP) is 1.66. The molecule has 0 spiro atoms. The van der Waals surface area contributed by atoms with Crippen molar-refractivity contribution in [2.75, 3.05) is 31.7 Å². The van der Waals surface area contributed by atoms with Crippen LogP contribution in [0.5, 0.6) is 0 Å². The van der Waals surface area contributed by atoms with Gasteiger partial charge in [0.15, 0.2) is 0 Å². The van der Waals surface area contributed by atoms with E-state index in [0.717, 1.165) is 26.3 Å². The quantitative estimate of drug-likeness (QED) is 0.672. The highest BCUT2D eigenvalue weighted by atomic mass is 32.1. The summed E-state index contributed by atoms with van der Waals surface area (Å²) < 4.78 is 6.21. The number of hydrogen-bond acceptors (Lipinski definition) is 7. The molecule has 0 bridgehead atoms. The molecule has 7 heteroatoms. The molecule has 0 aromatic carbocycles. The molecule has 0 atom stereocenters. The molecule has 0 fully saturated rings. The molecule has 3 rings (SSSR count). The molecule has 0 aliphatic heterocycles. The molecule has 104 valence electrons. The van der Waals surface area contributed by atoms with Crippen LogP contribution >= 0.6 is 11.3 Å². The van der Waals surface area contributed by atoms with Gasteiger partial charge in [0.05, 0.1) is 30.0 Å². The van der Waals surface area contributed by atoms with Crippen LogP contribution < -0.4 is 5.32 Å². The van der Waals surface area contributed by atoms with Crippen molar-refractivity contribution in [3.8, 4) is 0 Å². The summed E-state index contributed by atoms with van der Waals surface area (Å²) in [5, 5.41) is 12.9. The van der Waals surface area contributed by atoms with Gasteiger partial charge in [-0.05, 0) is 12.1 Å². The van der Waals surface area contributed by atoms with Crippen LogP contribution in [0.3, 0.4) is 0 Å². The lowest BCUT2D eigenvalue weighted by molar-refractivity contribution is 0.0992. The molecule has 0 saturated heterocycles. The Morgan fingerprint density at radius 2 is 2.20 bits per heavy atom. The fourth-order valence-corrected chi connectivity index (χ4v) is 3.01. The fourth-order valence-electron chi connectivity index (χ4n) is 1.95. The lowest BCUT2D eigenvalue weighted by Crippen LogP contribution is -2.12. The van der Waals surface area contributed by atoms with Crippen molar-refractivity contribution in [3.63, 3.8) is 0 Å². The second-order valence-electron chi connectivity index (χ2n) is 4.12. The Bertz CT molecular complexity index is 716. The first-order valence-electron chi connectivity index (χ1n) is 6.31. The first kappa shape index (κ1) is 13.2. The summed E-state index contributed by atoms with van der Waals surface area (Å²) in [5.74, 6) is 0.797. The van der Waals surface area contributed by atoms with E-state index in [1.54, 1.807) is 23.9 Å². The van der Waals surface area contributed by atoms with E-state index in [1.165, 1.54) is 0 Å². The molecule has 0 unspecified atom stereocenters. The summed E-state index contributed by atoms with van der Waals surface area (Å²) in [4.78, 5) is 13.9. The standard InChI is InChI=1S/C13H14N4O2S/c18-5-7-19-6-4-14-12-11-10(16-8-17-12)9-2-1-3-15-13(9)20-11/h1-3,8,18H,4-7H2,(H,14,16,17). The van der Waals surface area contributed by atoms with Crippen LogP contribution in [0.4, 0.5) is 5.82 Å². The minimum absolute atomic E-state index is 0.0414. The smallest absolute Gasteiger partial charge is 0.147 e. The van der Waals surface area contributed by atoms with Gasteiger partial charge in [0.1, 0.15) is 17.0 Å². The third-order valence-corrected chi connectivity index (χ3v) is 3.91. The average molecular weight is 290 g/mol. The van der Waals surface area contributed by atoms with E-state index in [9.17, 15) is 0 Å². The van der Waals surface area contributed by atoms with Gasteiger partial charge in [-0.15, -0.1) is 11.3 Å². The van der Waals surface area contributed by atoms with Crippen molar-refractivity contribution in [1.29, 1.82) is 0 Å². The van der Waals surface area contributed by atoms with Gasteiger partial charge in [-0.3, -0.25) is 0 Å². The van der Waals surface area contributed by atoms with Crippen LogP contribution in [0.15, 0.2) is 24.7 Å². The zero-order chi connectivity index (χ0) is 13.8. The molecule has 6 nitrogen and oxygen atoms in total. The minimum atomic E-state index is 0.0414. The van der Waals surface area contributed by atoms with Gasteiger partial charge in [0, 0.05) is 18.1 Å². The molecule has 3 heterocycles. The third kappa shape index (κ3) is 2.55. The Kier molecular flexibility index (Phi) is 4.00. The molecule has 3 aromatic heterocycles. The van der Waals surface area contributed by atoms with Crippen molar-refractivity contribution < 1.29 is 9.84 Å². The minimum Gasteiger partial charge on any atom is -0.394 e. The number of ether oxygens (including phenoxy) is 1. The Hall–Kier alpha value is -1.83. The number of pyridine rings is 1. The zero-order valence-corrected chi connectivity index (χ0v) is 11.6. The molecule has 0 saturated carbocycles. The van der Waals surface area contributed by atoms with Gasteiger partial charge in [-0.2, -0.15) is 0 Å². The van der Waals surface area contributed by atoms with E-state index in [1.807, 2.05) is 12.1 Å². The molecule has 0 radical (unpaired) electrons. The van der Waals surface area contributed by atoms with Crippen LogP contribution in [0.25, 0.3) is 20.4 Å². The molecule has 0 amide bonds. The van der Waals surface area contributed by atoms with Gasteiger partial charge in [0.25, 0.3) is 0 Å². The lowest BCUT2D eigenvalue weighted by atomic mass is 10.3. The monoisotopic (exact) mass is 290 g/mol. The number of nitrogens with one attached hydrogen (secondary N) is 1. The van der Waals surface area contributed by atoms with Crippen LogP contribution in [-0.2, 0) is 4.74 Å². The van der Waals surface area contributed by atoms with Gasteiger partial charge in [-0.25, -0.2) is 15.0 Å². The van der Waals surface area contributed by atoms with Gasteiger partial charge in [0.2, 0.25) is 0 Å². The molecule has 0 aliphatic carbocycles. The summed E-state index contributed by atoms with van der Waals surface area (Å²) in [6.07, 6.45) is 3.33. The van der Waals surface area contributed by atoms with Crippen molar-refractivity contribution >= 4 is 37.6 Å². The van der Waals surface area contributed by atoms with E-state index < -0.39 is 0 Å². The molecule has 0 aliphatic rings. The first-order valence-corrected chi connectivity index (χ1v) is 7.12. The summed E-state index contributed by atoms with van der Waals surface area (Å²) in [5.41, 5.74) is 0.923. The van der Waals surface area contributed by atoms with E-state index in [0.29, 0.717) is 19.8 Å². The molecular formula is C13H14N4O2S. The highest BCUT2D eigenvalue weighted by Gasteiger charge is 2.11. The fraction of sp³-hybridized carbons (Fsp3) is 0.308. The lowest BCUT2D eigenvalue weighted by Gasteiger charge is -2.06. The van der Waals surface area contributed by atoms with Crippen LogP contribution in [0.2, 0.25) is 0 Å². The molecule has 20 heavy (non-hydrogen) atoms. The van der Waals surface area contributed by atoms with Gasteiger partial charge < -0.3 is 15.2 Å². The number of aliphatic hydroxyl groups excluding tert-OH is 1. The maximum Gasteiger partial charge on any atom is 0.147 e. The van der Waals surface area contributed by atoms with Crippen LogP contribution in [0, 0.1) is 0 Å². The average Bonchev–Trinajstić information content (AvgIpc) is 2.87. The van der Waals surface area contributed by atoms with Gasteiger partial charge >= 0.3 is 0 Å². The van der Waals surface area contributed by atoms with Crippen molar-refractivity contribution in [2.45, 2.75) is 0 Å². The van der Waals surface area contributed by atoms with Crippen molar-refractivity contribution in [3.05, 3.63) is 24.7 Å². The number of aliphatic hydroxyl groups is 1. The highest BCUT2D eigenvalue weighted by molar-refractivity contribution is 7.25. The number of nitrogens with zero attached hydrogens (tertiary/aromatic N) is 3. The van der Waals surface area contributed by atoms with E-state index >= 15 is 0 Å². The maximum absolute atomic E-state index is 8.63. The summed E-state index contributed by atoms with van der Waals surface area (Å²) in [6, 6.07) is 3.93. The number of hydrogen-bond donors (Lipinski definition) is 2. The summed E-state index contributed by atoms with van der Waals surface area (Å²) in [6.45, 7) is 1.55. The zero-order valence-electron chi connectivity index (χ0n) is 10.7. The maximum atomic E-state index is 8.63. The normalized spacial score (nSPS) is 11.2. The number of thiophene rings is 1. The predicted molar refractivity (Wildman–Crippen MR) is 79.1 cm³/mol. The summed E-state index contributed by atoms with van der Waals surface area (Å²) >= 11 is 1.58. The Morgan fingerprint density at radius 1 is 1.25 bits per heavy atom. The molecular weight excluding hydrogens is 276 g/mol. The number of rotatable bonds is 6. The second-order valence-corrected chi connectivity index (χ2v) is 5.12. The van der Waals surface area contributed by atoms with Crippen LogP contribution in [-0.4, -0.2) is 46.4 Å². The number of fused-ring (bicyclic) bond motifs is 3. The highest BCUT2D eigenvalue weighted by Crippen LogP contribution is 2.34. The molecule has 2 N–H and O–H groups in total. The largest absolute Gasteiger partial charge is 0.394 e. The van der Waals surface area contributed by atoms with Gasteiger partial charge in [-0.1, -0.05) is 0 Å².